The second kappa shape index (κ2) is 4.98. The molecule has 5 heteroatoms. The summed E-state index contributed by atoms with van der Waals surface area (Å²) in [6.45, 7) is 0. The molecule has 1 atom stereocenters. The molecule has 98 valence electrons. The summed E-state index contributed by atoms with van der Waals surface area (Å²) in [7, 11) is 0. The molecular weight excluding hydrogens is 309 g/mol. The number of hydrogen-bond acceptors (Lipinski definition) is 3. The van der Waals surface area contributed by atoms with Crippen molar-refractivity contribution in [1.29, 1.82) is 0 Å². The van der Waals surface area contributed by atoms with Crippen molar-refractivity contribution in [2.75, 3.05) is 0 Å². The second-order valence-corrected chi connectivity index (χ2v) is 5.67. The lowest BCUT2D eigenvalue weighted by atomic mass is 9.93. The molecule has 0 saturated heterocycles. The van der Waals surface area contributed by atoms with Crippen LogP contribution in [0.15, 0.2) is 28.9 Å². The fourth-order valence-electron chi connectivity index (χ4n) is 2.40. The van der Waals surface area contributed by atoms with Crippen molar-refractivity contribution in [3.05, 3.63) is 45.9 Å². The second-order valence-electron chi connectivity index (χ2n) is 4.75. The van der Waals surface area contributed by atoms with Crippen LogP contribution in [-0.2, 0) is 6.42 Å². The van der Waals surface area contributed by atoms with E-state index in [1.54, 1.807) is 6.20 Å². The van der Waals surface area contributed by atoms with E-state index in [0.717, 1.165) is 30.5 Å². The zero-order valence-electron chi connectivity index (χ0n) is 10.2. The molecule has 0 amide bonds. The van der Waals surface area contributed by atoms with Gasteiger partial charge in [-0.1, -0.05) is 15.9 Å². The van der Waals surface area contributed by atoms with Crippen molar-refractivity contribution >= 4 is 15.9 Å². The Balaban J connectivity index is 2.06. The molecule has 1 aliphatic carbocycles. The summed E-state index contributed by atoms with van der Waals surface area (Å²) in [5.74, 6) is 0.246. The Morgan fingerprint density at radius 3 is 2.95 bits per heavy atom. The highest BCUT2D eigenvalue weighted by atomic mass is 79.9. The molecule has 1 unspecified atom stereocenters. The van der Waals surface area contributed by atoms with Gasteiger partial charge in [0.2, 0.25) is 0 Å². The lowest BCUT2D eigenvalue weighted by molar-refractivity contribution is 0.557. The third-order valence-electron chi connectivity index (χ3n) is 3.35. The van der Waals surface area contributed by atoms with E-state index >= 15 is 0 Å². The van der Waals surface area contributed by atoms with Gasteiger partial charge in [-0.05, 0) is 37.5 Å². The Morgan fingerprint density at radius 1 is 1.32 bits per heavy atom. The van der Waals surface area contributed by atoms with E-state index in [2.05, 4.69) is 25.9 Å². The number of nitrogens with two attached hydrogens (primary N) is 1. The molecule has 0 bridgehead atoms. The van der Waals surface area contributed by atoms with Crippen LogP contribution in [0.5, 0.6) is 0 Å². The summed E-state index contributed by atoms with van der Waals surface area (Å²) in [6.07, 6.45) is 4.70. The molecule has 0 spiro atoms. The monoisotopic (exact) mass is 321 g/mol. The highest BCUT2D eigenvalue weighted by molar-refractivity contribution is 9.10. The van der Waals surface area contributed by atoms with Gasteiger partial charge in [0, 0.05) is 33.5 Å². The van der Waals surface area contributed by atoms with Crippen molar-refractivity contribution in [2.24, 2.45) is 5.73 Å². The Hall–Kier alpha value is -1.33. The van der Waals surface area contributed by atoms with Crippen LogP contribution in [0.3, 0.4) is 0 Å². The summed E-state index contributed by atoms with van der Waals surface area (Å²) in [4.78, 5) is 8.85. The minimum Gasteiger partial charge on any atom is -0.324 e. The van der Waals surface area contributed by atoms with Gasteiger partial charge >= 0.3 is 0 Å². The fourth-order valence-corrected chi connectivity index (χ4v) is 2.87. The molecule has 2 aromatic rings. The maximum Gasteiger partial charge on any atom is 0.159 e. The van der Waals surface area contributed by atoms with E-state index in [-0.39, 0.29) is 11.9 Å². The minimum atomic E-state index is -0.303. The van der Waals surface area contributed by atoms with Gasteiger partial charge in [-0.3, -0.25) is 0 Å². The molecule has 2 N–H and O–H groups in total. The summed E-state index contributed by atoms with van der Waals surface area (Å²) < 4.78 is 14.1. The topological polar surface area (TPSA) is 51.8 Å². The first-order valence-corrected chi connectivity index (χ1v) is 7.00. The number of hydrogen-bond donors (Lipinski definition) is 1. The van der Waals surface area contributed by atoms with E-state index in [1.165, 1.54) is 12.1 Å². The summed E-state index contributed by atoms with van der Waals surface area (Å²) in [5.41, 5.74) is 8.72. The molecule has 0 fully saturated rings. The molecule has 1 aliphatic rings. The highest BCUT2D eigenvalue weighted by Gasteiger charge is 2.19. The Morgan fingerprint density at radius 2 is 2.16 bits per heavy atom. The normalized spacial score (nSPS) is 18.2. The first kappa shape index (κ1) is 12.7. The molecule has 19 heavy (non-hydrogen) atoms. The molecule has 0 radical (unpaired) electrons. The van der Waals surface area contributed by atoms with Crippen LogP contribution in [0.4, 0.5) is 4.39 Å². The van der Waals surface area contributed by atoms with Crippen molar-refractivity contribution in [3.8, 4) is 11.4 Å². The summed E-state index contributed by atoms with van der Waals surface area (Å²) in [5, 5.41) is 0. The number of halogens is 2. The van der Waals surface area contributed by atoms with Gasteiger partial charge in [-0.2, -0.15) is 0 Å². The smallest absolute Gasteiger partial charge is 0.159 e. The van der Waals surface area contributed by atoms with Crippen LogP contribution in [-0.4, -0.2) is 9.97 Å². The first-order chi connectivity index (χ1) is 9.13. The maximum atomic E-state index is 13.4. The van der Waals surface area contributed by atoms with Crippen LogP contribution in [0.25, 0.3) is 11.4 Å². The van der Waals surface area contributed by atoms with Gasteiger partial charge in [-0.15, -0.1) is 0 Å². The third-order valence-corrected chi connectivity index (χ3v) is 3.81. The molecule has 3 nitrogen and oxygen atoms in total. The number of nitrogens with zero attached hydrogens (tertiary/aromatic N) is 2. The van der Waals surface area contributed by atoms with E-state index in [4.69, 9.17) is 5.73 Å². The van der Waals surface area contributed by atoms with E-state index in [0.29, 0.717) is 15.9 Å². The summed E-state index contributed by atoms with van der Waals surface area (Å²) in [6, 6.07) is 4.69. The molecule has 1 heterocycles. The lowest BCUT2D eigenvalue weighted by Crippen LogP contribution is -2.19. The van der Waals surface area contributed by atoms with Crippen LogP contribution in [0, 0.1) is 5.82 Å². The molecule has 0 aliphatic heterocycles. The van der Waals surface area contributed by atoms with Gasteiger partial charge in [0.25, 0.3) is 0 Å². The number of aryl methyl sites for hydroxylation is 1. The number of benzene rings is 1. The van der Waals surface area contributed by atoms with Crippen molar-refractivity contribution in [1.82, 2.24) is 9.97 Å². The molecule has 0 saturated carbocycles. The van der Waals surface area contributed by atoms with Gasteiger partial charge < -0.3 is 5.73 Å². The Bertz CT molecular complexity index is 610. The van der Waals surface area contributed by atoms with E-state index in [1.807, 2.05) is 6.07 Å². The lowest BCUT2D eigenvalue weighted by Gasteiger charge is -2.21. The first-order valence-electron chi connectivity index (χ1n) is 6.21. The number of fused-ring (bicyclic) bond motifs is 1. The predicted molar refractivity (Wildman–Crippen MR) is 75.0 cm³/mol. The van der Waals surface area contributed by atoms with E-state index < -0.39 is 0 Å². The average Bonchev–Trinajstić information content (AvgIpc) is 2.37. The Kier molecular flexibility index (Phi) is 3.33. The van der Waals surface area contributed by atoms with Crippen molar-refractivity contribution in [2.45, 2.75) is 25.3 Å². The van der Waals surface area contributed by atoms with Crippen LogP contribution < -0.4 is 5.73 Å². The highest BCUT2D eigenvalue weighted by Crippen LogP contribution is 2.28. The van der Waals surface area contributed by atoms with Gasteiger partial charge in [0.15, 0.2) is 5.82 Å². The number of rotatable bonds is 1. The van der Waals surface area contributed by atoms with E-state index in [9.17, 15) is 4.39 Å². The van der Waals surface area contributed by atoms with Gasteiger partial charge in [-0.25, -0.2) is 14.4 Å². The average molecular weight is 322 g/mol. The SMILES string of the molecule is NC1CCCc2nc(-c3cc(F)cc(Br)c3)ncc21. The zero-order valence-corrected chi connectivity index (χ0v) is 11.8. The van der Waals surface area contributed by atoms with Gasteiger partial charge in [0.05, 0.1) is 0 Å². The largest absolute Gasteiger partial charge is 0.324 e. The molecule has 1 aromatic heterocycles. The third kappa shape index (κ3) is 2.53. The standard InChI is InChI=1S/C14H13BrFN3/c15-9-4-8(5-10(16)6-9)14-18-7-11-12(17)2-1-3-13(11)19-14/h4-7,12H,1-3,17H2. The fraction of sp³-hybridized carbons (Fsp3) is 0.286. The van der Waals surface area contributed by atoms with Crippen LogP contribution in [0.1, 0.15) is 30.1 Å². The molecular formula is C14H13BrFN3. The predicted octanol–water partition coefficient (Wildman–Crippen LogP) is 3.38. The zero-order chi connectivity index (χ0) is 13.4. The van der Waals surface area contributed by atoms with Gasteiger partial charge in [0.1, 0.15) is 5.82 Å². The number of aromatic nitrogens is 2. The van der Waals surface area contributed by atoms with Crippen LogP contribution in [0.2, 0.25) is 0 Å². The summed E-state index contributed by atoms with van der Waals surface area (Å²) >= 11 is 3.28. The molecule has 3 rings (SSSR count). The quantitative estimate of drug-likeness (QED) is 0.876. The minimum absolute atomic E-state index is 0.0250. The van der Waals surface area contributed by atoms with Crippen molar-refractivity contribution < 1.29 is 4.39 Å². The van der Waals surface area contributed by atoms with Crippen LogP contribution >= 0.6 is 15.9 Å². The van der Waals surface area contributed by atoms with Crippen molar-refractivity contribution in [3.63, 3.8) is 0 Å². The molecule has 1 aromatic carbocycles. The maximum absolute atomic E-state index is 13.4. The Labute approximate surface area is 119 Å².